The molecule has 0 aliphatic rings. The molecule has 0 heterocycles. The predicted octanol–water partition coefficient (Wildman–Crippen LogP) is 0.450. The molecule has 0 saturated heterocycles. The lowest BCUT2D eigenvalue weighted by Gasteiger charge is -2.07. The topological polar surface area (TPSA) is 107 Å². The largest absolute Gasteiger partial charge is 0.481 e. The van der Waals surface area contributed by atoms with Gasteiger partial charge < -0.3 is 5.11 Å². The van der Waals surface area contributed by atoms with E-state index in [-0.39, 0.29) is 6.54 Å². The third kappa shape index (κ3) is 3.26. The van der Waals surface area contributed by atoms with E-state index in [9.17, 15) is 17.6 Å². The van der Waals surface area contributed by atoms with Crippen LogP contribution in [0.4, 0.5) is 4.39 Å². The average Bonchev–Trinajstić information content (AvgIpc) is 2.27. The molecule has 0 aliphatic heterocycles. The smallest absolute Gasteiger partial charge is 0.304 e. The normalized spacial score (nSPS) is 10.9. The second kappa shape index (κ2) is 5.57. The summed E-state index contributed by atoms with van der Waals surface area (Å²) in [6.45, 7) is -0.334. The first kappa shape index (κ1) is 14.1. The van der Waals surface area contributed by atoms with Gasteiger partial charge in [0.25, 0.3) is 0 Å². The minimum Gasteiger partial charge on any atom is -0.481 e. The van der Waals surface area contributed by atoms with Crippen LogP contribution in [0, 0.1) is 17.1 Å². The molecule has 0 spiro atoms. The van der Waals surface area contributed by atoms with Gasteiger partial charge in [0.15, 0.2) is 0 Å². The molecule has 0 bridgehead atoms. The molecule has 96 valence electrons. The molecule has 0 fully saturated rings. The van der Waals surface area contributed by atoms with E-state index in [0.717, 1.165) is 18.2 Å². The van der Waals surface area contributed by atoms with Crippen LogP contribution >= 0.6 is 0 Å². The number of sulfonamides is 1. The van der Waals surface area contributed by atoms with Crippen molar-refractivity contribution in [2.75, 3.05) is 6.54 Å². The molecule has 0 unspecified atom stereocenters. The molecule has 0 amide bonds. The molecule has 0 radical (unpaired) electrons. The maximum absolute atomic E-state index is 13.2. The monoisotopic (exact) mass is 272 g/mol. The summed E-state index contributed by atoms with van der Waals surface area (Å²) in [5.41, 5.74) is -0.597. The number of aliphatic carboxylic acids is 1. The van der Waals surface area contributed by atoms with Gasteiger partial charge in [0, 0.05) is 6.54 Å². The van der Waals surface area contributed by atoms with Gasteiger partial charge in [-0.1, -0.05) is 6.07 Å². The van der Waals surface area contributed by atoms with E-state index in [1.807, 2.05) is 4.72 Å². The van der Waals surface area contributed by atoms with Crippen molar-refractivity contribution in [3.63, 3.8) is 0 Å². The first-order chi connectivity index (χ1) is 8.38. The summed E-state index contributed by atoms with van der Waals surface area (Å²) in [5.74, 6) is -2.11. The number of rotatable bonds is 5. The Bertz CT molecular complexity index is 607. The zero-order valence-corrected chi connectivity index (χ0v) is 9.87. The Hall–Kier alpha value is -1.98. The molecule has 6 nitrogen and oxygen atoms in total. The zero-order chi connectivity index (χ0) is 13.8. The SMILES string of the molecule is N#Cc1c(F)cccc1S(=O)(=O)NCCC(=O)O. The lowest BCUT2D eigenvalue weighted by molar-refractivity contribution is -0.136. The van der Waals surface area contributed by atoms with E-state index in [1.165, 1.54) is 6.07 Å². The van der Waals surface area contributed by atoms with Crippen LogP contribution in [0.2, 0.25) is 0 Å². The van der Waals surface area contributed by atoms with Gasteiger partial charge in [-0.2, -0.15) is 5.26 Å². The van der Waals surface area contributed by atoms with Gasteiger partial charge in [-0.25, -0.2) is 17.5 Å². The van der Waals surface area contributed by atoms with E-state index in [1.54, 1.807) is 0 Å². The van der Waals surface area contributed by atoms with Crippen LogP contribution in [0.3, 0.4) is 0 Å². The number of nitrogens with one attached hydrogen (secondary N) is 1. The summed E-state index contributed by atoms with van der Waals surface area (Å²) in [7, 11) is -4.10. The third-order valence-corrected chi connectivity index (χ3v) is 3.51. The number of nitrogens with zero attached hydrogens (tertiary/aromatic N) is 1. The quantitative estimate of drug-likeness (QED) is 0.809. The Morgan fingerprint density at radius 1 is 1.50 bits per heavy atom. The second-order valence-corrected chi connectivity index (χ2v) is 5.00. The molecule has 0 saturated carbocycles. The van der Waals surface area contributed by atoms with E-state index in [2.05, 4.69) is 0 Å². The molecule has 18 heavy (non-hydrogen) atoms. The van der Waals surface area contributed by atoms with E-state index >= 15 is 0 Å². The van der Waals surface area contributed by atoms with Gasteiger partial charge in [-0.05, 0) is 12.1 Å². The number of halogens is 1. The van der Waals surface area contributed by atoms with Crippen molar-refractivity contribution >= 4 is 16.0 Å². The molecule has 0 aromatic heterocycles. The third-order valence-electron chi connectivity index (χ3n) is 2.01. The van der Waals surface area contributed by atoms with Crippen LogP contribution in [0.1, 0.15) is 12.0 Å². The maximum Gasteiger partial charge on any atom is 0.304 e. The van der Waals surface area contributed by atoms with Crippen molar-refractivity contribution in [2.45, 2.75) is 11.3 Å². The van der Waals surface area contributed by atoms with Crippen LogP contribution in [0.15, 0.2) is 23.1 Å². The predicted molar refractivity (Wildman–Crippen MR) is 58.6 cm³/mol. The summed E-state index contributed by atoms with van der Waals surface area (Å²) in [4.78, 5) is 9.75. The molecular formula is C10H9FN2O4S. The number of hydrogen-bond acceptors (Lipinski definition) is 4. The Morgan fingerprint density at radius 3 is 2.72 bits per heavy atom. The average molecular weight is 272 g/mol. The number of carboxylic acids is 1. The summed E-state index contributed by atoms with van der Waals surface area (Å²) in [6.07, 6.45) is -0.406. The highest BCUT2D eigenvalue weighted by atomic mass is 32.2. The van der Waals surface area contributed by atoms with E-state index < -0.39 is 38.7 Å². The molecule has 8 heteroatoms. The molecule has 2 N–H and O–H groups in total. The lowest BCUT2D eigenvalue weighted by atomic mass is 10.2. The van der Waals surface area contributed by atoms with Gasteiger partial charge in [0.2, 0.25) is 10.0 Å². The first-order valence-electron chi connectivity index (χ1n) is 4.78. The van der Waals surface area contributed by atoms with Crippen molar-refractivity contribution in [2.24, 2.45) is 0 Å². The summed E-state index contributed by atoms with van der Waals surface area (Å²) in [6, 6.07) is 4.65. The summed E-state index contributed by atoms with van der Waals surface area (Å²) in [5, 5.41) is 17.1. The van der Waals surface area contributed by atoms with Gasteiger partial charge in [0.05, 0.1) is 6.42 Å². The Kier molecular flexibility index (Phi) is 4.36. The van der Waals surface area contributed by atoms with Crippen molar-refractivity contribution in [3.8, 4) is 6.07 Å². The van der Waals surface area contributed by atoms with Gasteiger partial charge in [-0.15, -0.1) is 0 Å². The minimum absolute atomic E-state index is 0.334. The van der Waals surface area contributed by atoms with Gasteiger partial charge >= 0.3 is 5.97 Å². The molecule has 1 aromatic rings. The van der Waals surface area contributed by atoms with Crippen molar-refractivity contribution in [3.05, 3.63) is 29.6 Å². The minimum atomic E-state index is -4.10. The van der Waals surface area contributed by atoms with Crippen LogP contribution in [0.5, 0.6) is 0 Å². The van der Waals surface area contributed by atoms with Crippen molar-refractivity contribution < 1.29 is 22.7 Å². The number of hydrogen-bond donors (Lipinski definition) is 2. The van der Waals surface area contributed by atoms with Crippen molar-refractivity contribution in [1.82, 2.24) is 4.72 Å². The zero-order valence-electron chi connectivity index (χ0n) is 9.05. The van der Waals surface area contributed by atoms with Crippen molar-refractivity contribution in [1.29, 1.82) is 5.26 Å². The first-order valence-corrected chi connectivity index (χ1v) is 6.27. The van der Waals surface area contributed by atoms with Crippen LogP contribution in [0.25, 0.3) is 0 Å². The summed E-state index contributed by atoms with van der Waals surface area (Å²) < 4.78 is 38.7. The van der Waals surface area contributed by atoms with E-state index in [0.29, 0.717) is 0 Å². The molecule has 1 rings (SSSR count). The fourth-order valence-corrected chi connectivity index (χ4v) is 2.40. The van der Waals surface area contributed by atoms with Crippen LogP contribution in [-0.4, -0.2) is 26.0 Å². The number of benzene rings is 1. The lowest BCUT2D eigenvalue weighted by Crippen LogP contribution is -2.27. The summed E-state index contributed by atoms with van der Waals surface area (Å²) >= 11 is 0. The van der Waals surface area contributed by atoms with E-state index in [4.69, 9.17) is 10.4 Å². The van der Waals surface area contributed by atoms with Crippen LogP contribution in [-0.2, 0) is 14.8 Å². The molecular weight excluding hydrogens is 263 g/mol. The Labute approximate surface area is 103 Å². The highest BCUT2D eigenvalue weighted by Crippen LogP contribution is 2.17. The maximum atomic E-state index is 13.2. The standard InChI is InChI=1S/C10H9FN2O4S/c11-8-2-1-3-9(7(8)6-12)18(16,17)13-5-4-10(14)15/h1-3,13H,4-5H2,(H,14,15). The molecule has 1 aromatic carbocycles. The van der Waals surface area contributed by atoms with Gasteiger partial charge in [0.1, 0.15) is 22.3 Å². The number of carboxylic acid groups (broad SMARTS) is 1. The fraction of sp³-hybridized carbons (Fsp3) is 0.200. The fourth-order valence-electron chi connectivity index (χ4n) is 1.21. The highest BCUT2D eigenvalue weighted by molar-refractivity contribution is 7.89. The molecule has 0 aliphatic carbocycles. The highest BCUT2D eigenvalue weighted by Gasteiger charge is 2.20. The van der Waals surface area contributed by atoms with Crippen LogP contribution < -0.4 is 4.72 Å². The Morgan fingerprint density at radius 2 is 2.17 bits per heavy atom. The second-order valence-electron chi connectivity index (χ2n) is 3.27. The molecule has 0 atom stereocenters. The number of carbonyl (C=O) groups is 1. The van der Waals surface area contributed by atoms with Gasteiger partial charge in [-0.3, -0.25) is 4.79 Å². The Balaban J connectivity index is 3.03. The number of nitriles is 1.